The van der Waals surface area contributed by atoms with E-state index >= 15 is 0 Å². The minimum atomic E-state index is -1.04. The Morgan fingerprint density at radius 2 is 1.95 bits per heavy atom. The van der Waals surface area contributed by atoms with Crippen molar-refractivity contribution in [2.45, 2.75) is 58.5 Å². The van der Waals surface area contributed by atoms with Crippen molar-refractivity contribution in [3.8, 4) is 0 Å². The summed E-state index contributed by atoms with van der Waals surface area (Å²) in [6, 6.07) is 2.61. The highest BCUT2D eigenvalue weighted by atomic mass is 79.9. The lowest BCUT2D eigenvalue weighted by atomic mass is 9.62. The second-order valence-electron chi connectivity index (χ2n) is 7.27. The molecule has 0 heterocycles. The molecule has 0 radical (unpaired) electrons. The Balaban J connectivity index is 2.38. The van der Waals surface area contributed by atoms with Crippen LogP contribution in [0.15, 0.2) is 16.6 Å². The monoisotopic (exact) mass is 360 g/mol. The van der Waals surface area contributed by atoms with Gasteiger partial charge in [0.1, 0.15) is 11.6 Å². The van der Waals surface area contributed by atoms with Crippen LogP contribution in [-0.2, 0) is 6.42 Å². The summed E-state index contributed by atoms with van der Waals surface area (Å²) in [6.45, 7) is 6.25. The second-order valence-corrected chi connectivity index (χ2v) is 8.12. The summed E-state index contributed by atoms with van der Waals surface area (Å²) in [5, 5.41) is 11.1. The van der Waals surface area contributed by atoms with Crippen LogP contribution in [0.25, 0.3) is 0 Å². The molecule has 1 nitrogen and oxygen atoms in total. The van der Waals surface area contributed by atoms with Gasteiger partial charge in [-0.2, -0.15) is 0 Å². The maximum Gasteiger partial charge on any atom is 0.143 e. The molecular formula is C17H23BrF2O. The SMILES string of the molecule is CC(C)(C)C1CCCCC1(O)Cc1c(F)ccc(Br)c1F. The zero-order valence-electron chi connectivity index (χ0n) is 12.8. The minimum Gasteiger partial charge on any atom is -0.389 e. The van der Waals surface area contributed by atoms with E-state index in [2.05, 4.69) is 36.7 Å². The Hall–Kier alpha value is -0.480. The average molecular weight is 361 g/mol. The van der Waals surface area contributed by atoms with Gasteiger partial charge >= 0.3 is 0 Å². The number of rotatable bonds is 2. The van der Waals surface area contributed by atoms with Crippen LogP contribution in [0.3, 0.4) is 0 Å². The molecule has 0 saturated heterocycles. The van der Waals surface area contributed by atoms with Crippen LogP contribution in [0.4, 0.5) is 8.78 Å². The molecule has 1 aliphatic rings. The normalized spacial score (nSPS) is 26.9. The minimum absolute atomic E-state index is 0.0111. The Morgan fingerprint density at radius 3 is 2.57 bits per heavy atom. The third kappa shape index (κ3) is 3.48. The molecule has 4 heteroatoms. The molecule has 2 atom stereocenters. The van der Waals surface area contributed by atoms with E-state index < -0.39 is 17.2 Å². The van der Waals surface area contributed by atoms with Crippen molar-refractivity contribution in [1.82, 2.24) is 0 Å². The van der Waals surface area contributed by atoms with Crippen molar-refractivity contribution in [1.29, 1.82) is 0 Å². The van der Waals surface area contributed by atoms with Crippen molar-refractivity contribution in [2.75, 3.05) is 0 Å². The van der Waals surface area contributed by atoms with Crippen molar-refractivity contribution >= 4 is 15.9 Å². The van der Waals surface area contributed by atoms with E-state index in [9.17, 15) is 13.9 Å². The van der Waals surface area contributed by atoms with Crippen LogP contribution in [-0.4, -0.2) is 10.7 Å². The van der Waals surface area contributed by atoms with Crippen molar-refractivity contribution < 1.29 is 13.9 Å². The molecule has 1 saturated carbocycles. The van der Waals surface area contributed by atoms with Gasteiger partial charge in [-0.15, -0.1) is 0 Å². The van der Waals surface area contributed by atoms with Crippen molar-refractivity contribution in [2.24, 2.45) is 11.3 Å². The van der Waals surface area contributed by atoms with E-state index in [-0.39, 0.29) is 27.8 Å². The predicted octanol–water partition coefficient (Wildman–Crippen LogP) is 5.24. The molecule has 0 aromatic heterocycles. The molecule has 1 N–H and O–H groups in total. The van der Waals surface area contributed by atoms with Gasteiger partial charge in [-0.05, 0) is 52.2 Å². The molecule has 21 heavy (non-hydrogen) atoms. The Kier molecular flexibility index (Phi) is 4.79. The largest absolute Gasteiger partial charge is 0.389 e. The molecular weight excluding hydrogens is 338 g/mol. The molecule has 2 unspecified atom stereocenters. The Labute approximate surface area is 133 Å². The predicted molar refractivity (Wildman–Crippen MR) is 84.1 cm³/mol. The lowest BCUT2D eigenvalue weighted by Crippen LogP contribution is -2.48. The highest BCUT2D eigenvalue weighted by Crippen LogP contribution is 2.46. The molecule has 1 fully saturated rings. The van der Waals surface area contributed by atoms with Gasteiger partial charge < -0.3 is 5.11 Å². The van der Waals surface area contributed by atoms with Gasteiger partial charge in [0, 0.05) is 12.0 Å². The summed E-state index contributed by atoms with van der Waals surface area (Å²) in [5.74, 6) is -1.14. The van der Waals surface area contributed by atoms with Gasteiger partial charge in [0.05, 0.1) is 10.1 Å². The zero-order valence-corrected chi connectivity index (χ0v) is 14.4. The third-order valence-electron chi connectivity index (χ3n) is 4.67. The first-order valence-electron chi connectivity index (χ1n) is 7.50. The molecule has 1 aliphatic carbocycles. The van der Waals surface area contributed by atoms with Gasteiger partial charge in [0.2, 0.25) is 0 Å². The van der Waals surface area contributed by atoms with Crippen molar-refractivity contribution in [3.63, 3.8) is 0 Å². The first-order valence-corrected chi connectivity index (χ1v) is 8.29. The van der Waals surface area contributed by atoms with Gasteiger partial charge in [-0.3, -0.25) is 0 Å². The number of benzene rings is 1. The maximum absolute atomic E-state index is 14.2. The summed E-state index contributed by atoms with van der Waals surface area (Å²) in [6.07, 6.45) is 3.50. The smallest absolute Gasteiger partial charge is 0.143 e. The molecule has 2 rings (SSSR count). The molecule has 1 aromatic rings. The molecule has 0 amide bonds. The van der Waals surface area contributed by atoms with Crippen LogP contribution in [0.2, 0.25) is 0 Å². The highest BCUT2D eigenvalue weighted by molar-refractivity contribution is 9.10. The summed E-state index contributed by atoms with van der Waals surface area (Å²) in [4.78, 5) is 0. The van der Waals surface area contributed by atoms with Crippen LogP contribution in [0, 0.1) is 23.0 Å². The second kappa shape index (κ2) is 5.96. The maximum atomic E-state index is 14.2. The van der Waals surface area contributed by atoms with Crippen molar-refractivity contribution in [3.05, 3.63) is 33.8 Å². The summed E-state index contributed by atoms with van der Waals surface area (Å²) < 4.78 is 28.5. The molecule has 0 aliphatic heterocycles. The van der Waals surface area contributed by atoms with Crippen LogP contribution in [0.1, 0.15) is 52.0 Å². The van der Waals surface area contributed by atoms with Gasteiger partial charge in [0.25, 0.3) is 0 Å². The summed E-state index contributed by atoms with van der Waals surface area (Å²) >= 11 is 3.09. The highest BCUT2D eigenvalue weighted by Gasteiger charge is 2.45. The molecule has 1 aromatic carbocycles. The van der Waals surface area contributed by atoms with E-state index in [0.717, 1.165) is 19.3 Å². The average Bonchev–Trinajstić information content (AvgIpc) is 2.38. The standard InChI is InChI=1S/C17H23BrF2O/c1-16(2,3)14-6-4-5-9-17(14,21)10-11-13(19)8-7-12(18)15(11)20/h7-8,14,21H,4-6,9-10H2,1-3H3. The fourth-order valence-electron chi connectivity index (χ4n) is 3.71. The van der Waals surface area contributed by atoms with Crippen LogP contribution < -0.4 is 0 Å². The van der Waals surface area contributed by atoms with E-state index in [1.54, 1.807) is 0 Å². The first-order chi connectivity index (χ1) is 9.65. The lowest BCUT2D eigenvalue weighted by Gasteiger charge is -2.47. The third-order valence-corrected chi connectivity index (χ3v) is 5.28. The number of halogens is 3. The van der Waals surface area contributed by atoms with Gasteiger partial charge in [-0.25, -0.2) is 8.78 Å². The zero-order chi connectivity index (χ0) is 15.8. The Bertz CT molecular complexity index is 524. The van der Waals surface area contributed by atoms with Crippen LogP contribution >= 0.6 is 15.9 Å². The fourth-order valence-corrected chi connectivity index (χ4v) is 4.08. The van der Waals surface area contributed by atoms with E-state index in [1.807, 2.05) is 0 Å². The first kappa shape index (κ1) is 16.9. The quantitative estimate of drug-likeness (QED) is 0.715. The number of aliphatic hydroxyl groups is 1. The lowest BCUT2D eigenvalue weighted by molar-refractivity contribution is -0.0898. The summed E-state index contributed by atoms with van der Waals surface area (Å²) in [5.41, 5.74) is -1.14. The van der Waals surface area contributed by atoms with E-state index in [0.29, 0.717) is 6.42 Å². The topological polar surface area (TPSA) is 20.2 Å². The summed E-state index contributed by atoms with van der Waals surface area (Å²) in [7, 11) is 0. The fraction of sp³-hybridized carbons (Fsp3) is 0.647. The van der Waals surface area contributed by atoms with Crippen LogP contribution in [0.5, 0.6) is 0 Å². The van der Waals surface area contributed by atoms with E-state index in [4.69, 9.17) is 0 Å². The molecule has 0 spiro atoms. The van der Waals surface area contributed by atoms with E-state index in [1.165, 1.54) is 12.1 Å². The molecule has 0 bridgehead atoms. The molecule has 118 valence electrons. The number of hydrogen-bond donors (Lipinski definition) is 1. The van der Waals surface area contributed by atoms with Gasteiger partial charge in [0.15, 0.2) is 0 Å². The van der Waals surface area contributed by atoms with Gasteiger partial charge in [-0.1, -0.05) is 33.6 Å². The Morgan fingerprint density at radius 1 is 1.29 bits per heavy atom. The number of hydrogen-bond acceptors (Lipinski definition) is 1.